The molecule has 1 saturated carbocycles. The van der Waals surface area contributed by atoms with Crippen LogP contribution in [-0.4, -0.2) is 40.9 Å². The van der Waals surface area contributed by atoms with E-state index in [4.69, 9.17) is 5.11 Å². The lowest BCUT2D eigenvalue weighted by molar-refractivity contribution is -0.142. The van der Waals surface area contributed by atoms with Gasteiger partial charge in [-0.15, -0.1) is 0 Å². The molecule has 2 N–H and O–H groups in total. The van der Waals surface area contributed by atoms with Crippen molar-refractivity contribution in [1.29, 1.82) is 0 Å². The van der Waals surface area contributed by atoms with Gasteiger partial charge in [-0.1, -0.05) is 6.07 Å². The highest BCUT2D eigenvalue weighted by Crippen LogP contribution is 2.32. The molecule has 1 aromatic rings. The molecule has 2 atom stereocenters. The molecular weight excluding hydrogens is 334 g/mol. The van der Waals surface area contributed by atoms with Gasteiger partial charge in [0, 0.05) is 12.5 Å². The van der Waals surface area contributed by atoms with Crippen LogP contribution in [0.1, 0.15) is 26.2 Å². The monoisotopic (exact) mass is 354 g/mol. The highest BCUT2D eigenvalue weighted by atomic mass is 19.1. The number of benzene rings is 1. The van der Waals surface area contributed by atoms with Gasteiger partial charge in [0.2, 0.25) is 11.8 Å². The number of carbonyl (C=O) groups excluding carboxylic acids is 2. The lowest BCUT2D eigenvalue weighted by Crippen LogP contribution is -2.41. The van der Waals surface area contributed by atoms with E-state index in [0.29, 0.717) is 12.8 Å². The average molecular weight is 354 g/mol. The van der Waals surface area contributed by atoms with Crippen LogP contribution in [0.15, 0.2) is 18.2 Å². The van der Waals surface area contributed by atoms with E-state index < -0.39 is 41.0 Å². The highest BCUT2D eigenvalue weighted by Gasteiger charge is 2.36. The quantitative estimate of drug-likeness (QED) is 0.820. The number of carboxylic acid groups (broad SMARTS) is 1. The topological polar surface area (TPSA) is 86.7 Å². The van der Waals surface area contributed by atoms with E-state index in [1.54, 1.807) is 6.92 Å². The molecule has 0 spiro atoms. The molecule has 0 aromatic heterocycles. The first-order valence-corrected chi connectivity index (χ1v) is 8.09. The van der Waals surface area contributed by atoms with Gasteiger partial charge in [0.15, 0.2) is 0 Å². The summed E-state index contributed by atoms with van der Waals surface area (Å²) in [6, 6.07) is 3.22. The van der Waals surface area contributed by atoms with Crippen LogP contribution in [0.3, 0.4) is 0 Å². The molecule has 1 aromatic carbocycles. The van der Waals surface area contributed by atoms with Gasteiger partial charge in [-0.05, 0) is 38.3 Å². The van der Waals surface area contributed by atoms with Crippen molar-refractivity contribution in [2.45, 2.75) is 26.2 Å². The van der Waals surface area contributed by atoms with Gasteiger partial charge in [-0.2, -0.15) is 0 Å². The smallest absolute Gasteiger partial charge is 0.306 e. The Morgan fingerprint density at radius 1 is 1.20 bits per heavy atom. The number of amides is 2. The van der Waals surface area contributed by atoms with Crippen LogP contribution in [0.5, 0.6) is 0 Å². The number of carboxylic acids is 1. The minimum absolute atomic E-state index is 0.236. The van der Waals surface area contributed by atoms with Crippen molar-refractivity contribution in [2.24, 2.45) is 11.8 Å². The number of hydrogen-bond donors (Lipinski definition) is 2. The molecule has 8 heteroatoms. The van der Waals surface area contributed by atoms with Crippen molar-refractivity contribution in [3.8, 4) is 0 Å². The van der Waals surface area contributed by atoms with Crippen LogP contribution in [0, 0.1) is 23.5 Å². The number of rotatable bonds is 6. The number of para-hydroxylation sites is 1. The summed E-state index contributed by atoms with van der Waals surface area (Å²) in [5.74, 6) is -4.74. The molecule has 1 aliphatic rings. The van der Waals surface area contributed by atoms with Gasteiger partial charge in [0.25, 0.3) is 0 Å². The van der Waals surface area contributed by atoms with Gasteiger partial charge >= 0.3 is 5.97 Å². The van der Waals surface area contributed by atoms with Crippen LogP contribution < -0.4 is 5.32 Å². The van der Waals surface area contributed by atoms with Gasteiger partial charge in [-0.25, -0.2) is 8.78 Å². The molecule has 2 amide bonds. The maximum atomic E-state index is 13.6. The van der Waals surface area contributed by atoms with Crippen LogP contribution >= 0.6 is 0 Å². The standard InChI is InChI=1S/C17H20F2N2O4/c1-2-21(16(23)10-6-7-11(8-10)17(24)25)9-14(22)20-15-12(18)4-3-5-13(15)19/h3-5,10-11H,2,6-9H2,1H3,(H,20,22)(H,24,25)/t10-,11+/m1/s1. The number of nitrogens with one attached hydrogen (secondary N) is 1. The molecule has 25 heavy (non-hydrogen) atoms. The molecule has 1 aliphatic carbocycles. The zero-order chi connectivity index (χ0) is 18.6. The molecule has 0 saturated heterocycles. The van der Waals surface area contributed by atoms with E-state index in [0.717, 1.165) is 12.1 Å². The van der Waals surface area contributed by atoms with E-state index >= 15 is 0 Å². The first-order valence-electron chi connectivity index (χ1n) is 8.09. The SMILES string of the molecule is CCN(CC(=O)Nc1c(F)cccc1F)C(=O)[C@@H]1CC[C@H](C(=O)O)C1. The normalized spacial score (nSPS) is 19.5. The molecule has 6 nitrogen and oxygen atoms in total. The zero-order valence-corrected chi connectivity index (χ0v) is 13.8. The second-order valence-electron chi connectivity index (χ2n) is 6.04. The minimum atomic E-state index is -0.925. The number of anilines is 1. The number of aliphatic carboxylic acids is 1. The molecule has 2 rings (SSSR count). The second-order valence-corrected chi connectivity index (χ2v) is 6.04. The summed E-state index contributed by atoms with van der Waals surface area (Å²) in [5.41, 5.74) is -0.553. The molecule has 0 radical (unpaired) electrons. The maximum absolute atomic E-state index is 13.6. The summed E-state index contributed by atoms with van der Waals surface area (Å²) >= 11 is 0. The molecule has 0 aliphatic heterocycles. The van der Waals surface area contributed by atoms with E-state index in [9.17, 15) is 23.2 Å². The number of likely N-dealkylation sites (N-methyl/N-ethyl adjacent to an activating group) is 1. The van der Waals surface area contributed by atoms with Crippen LogP contribution in [0.4, 0.5) is 14.5 Å². The summed E-state index contributed by atoms with van der Waals surface area (Å²) in [7, 11) is 0. The van der Waals surface area contributed by atoms with Crippen molar-refractivity contribution in [1.82, 2.24) is 4.90 Å². The summed E-state index contributed by atoms with van der Waals surface area (Å²) in [6.45, 7) is 1.57. The third kappa shape index (κ3) is 4.52. The third-order valence-electron chi connectivity index (χ3n) is 4.39. The van der Waals surface area contributed by atoms with Crippen molar-refractivity contribution < 1.29 is 28.3 Å². The van der Waals surface area contributed by atoms with Gasteiger partial charge in [0.1, 0.15) is 17.3 Å². The Morgan fingerprint density at radius 3 is 2.32 bits per heavy atom. The zero-order valence-electron chi connectivity index (χ0n) is 13.8. The van der Waals surface area contributed by atoms with Crippen molar-refractivity contribution in [2.75, 3.05) is 18.4 Å². The maximum Gasteiger partial charge on any atom is 0.306 e. The van der Waals surface area contributed by atoms with E-state index in [1.165, 1.54) is 11.0 Å². The summed E-state index contributed by atoms with van der Waals surface area (Å²) in [5, 5.41) is 11.1. The van der Waals surface area contributed by atoms with Crippen molar-refractivity contribution in [3.05, 3.63) is 29.8 Å². The summed E-state index contributed by atoms with van der Waals surface area (Å²) in [6.07, 6.45) is 1.13. The molecule has 0 heterocycles. The van der Waals surface area contributed by atoms with Gasteiger partial charge in [-0.3, -0.25) is 14.4 Å². The Kier molecular flexibility index (Phi) is 6.06. The number of carbonyl (C=O) groups is 3. The van der Waals surface area contributed by atoms with Crippen molar-refractivity contribution in [3.63, 3.8) is 0 Å². The first-order chi connectivity index (χ1) is 11.8. The Hall–Kier alpha value is -2.51. The fraction of sp³-hybridized carbons (Fsp3) is 0.471. The van der Waals surface area contributed by atoms with E-state index in [2.05, 4.69) is 5.32 Å². The van der Waals surface area contributed by atoms with E-state index in [-0.39, 0.29) is 25.4 Å². The Balaban J connectivity index is 1.98. The predicted molar refractivity (Wildman–Crippen MR) is 85.7 cm³/mol. The fourth-order valence-corrected chi connectivity index (χ4v) is 3.00. The lowest BCUT2D eigenvalue weighted by atomic mass is 10.0. The summed E-state index contributed by atoms with van der Waals surface area (Å²) in [4.78, 5) is 36.8. The Morgan fingerprint density at radius 2 is 1.80 bits per heavy atom. The van der Waals surface area contributed by atoms with Gasteiger partial charge < -0.3 is 15.3 Å². The number of halogens is 2. The third-order valence-corrected chi connectivity index (χ3v) is 4.39. The molecule has 1 fully saturated rings. The van der Waals surface area contributed by atoms with Crippen LogP contribution in [0.25, 0.3) is 0 Å². The molecule has 0 unspecified atom stereocenters. The minimum Gasteiger partial charge on any atom is -0.481 e. The predicted octanol–water partition coefficient (Wildman–Crippen LogP) is 2.25. The number of hydrogen-bond acceptors (Lipinski definition) is 3. The summed E-state index contributed by atoms with van der Waals surface area (Å²) < 4.78 is 27.1. The van der Waals surface area contributed by atoms with Crippen LogP contribution in [0.2, 0.25) is 0 Å². The largest absolute Gasteiger partial charge is 0.481 e. The van der Waals surface area contributed by atoms with E-state index in [1.807, 2.05) is 0 Å². The van der Waals surface area contributed by atoms with Gasteiger partial charge in [0.05, 0.1) is 12.5 Å². The van der Waals surface area contributed by atoms with Crippen LogP contribution in [-0.2, 0) is 14.4 Å². The Bertz CT molecular complexity index is 660. The molecule has 0 bridgehead atoms. The first kappa shape index (κ1) is 18.8. The average Bonchev–Trinajstić information content (AvgIpc) is 3.06. The molecular formula is C17H20F2N2O4. The lowest BCUT2D eigenvalue weighted by Gasteiger charge is -2.23. The Labute approximate surface area is 143 Å². The fourth-order valence-electron chi connectivity index (χ4n) is 3.00. The number of nitrogens with zero attached hydrogens (tertiary/aromatic N) is 1. The highest BCUT2D eigenvalue weighted by molar-refractivity contribution is 5.95. The van der Waals surface area contributed by atoms with Crippen molar-refractivity contribution >= 4 is 23.5 Å². The second kappa shape index (κ2) is 8.04. The molecule has 136 valence electrons.